The Bertz CT molecular complexity index is 1300. The number of carbonyl (C=O) groups is 1. The van der Waals surface area contributed by atoms with E-state index < -0.39 is 12.0 Å². The van der Waals surface area contributed by atoms with Crippen molar-refractivity contribution in [1.82, 2.24) is 9.88 Å². The van der Waals surface area contributed by atoms with Crippen molar-refractivity contribution in [3.05, 3.63) is 75.1 Å². The number of thioether (sulfide) groups is 1. The maximum Gasteiger partial charge on any atom is 1.00 e. The second-order valence-electron chi connectivity index (χ2n) is 9.82. The molecule has 2 aliphatic rings. The van der Waals surface area contributed by atoms with Gasteiger partial charge in [-0.2, -0.15) is 0 Å². The zero-order valence-corrected chi connectivity index (χ0v) is 22.2. The molecule has 36 heavy (non-hydrogen) atoms. The summed E-state index contributed by atoms with van der Waals surface area (Å²) in [7, 11) is 0. The van der Waals surface area contributed by atoms with Crippen molar-refractivity contribution in [3.8, 4) is 0 Å². The van der Waals surface area contributed by atoms with E-state index in [1.54, 1.807) is 0 Å². The van der Waals surface area contributed by atoms with Crippen LogP contribution in [0.4, 0.5) is 0 Å². The molecule has 1 aliphatic heterocycles. The van der Waals surface area contributed by atoms with Crippen LogP contribution >= 0.6 is 11.8 Å². The Hall–Kier alpha value is -1.97. The Balaban J connectivity index is 0.00000304. The molecule has 0 unspecified atom stereocenters. The predicted molar refractivity (Wildman–Crippen MR) is 140 cm³/mol. The standard InChI is InChI=1S/C29H34N2O3S.Li/c1-2-3-4-7-15-30-17-24-23(16-21-11-8-10-19-9-5-6-12-22(19)21)26(20-13-14-20)28-31(27(24)32)25(18-35-28)29(33)34;/h5-6,8-12,20,25,30H,2-4,7,13-18H2,1H3,(H,33,34);/q;+1/p-1/t25-;/m0./s1. The first-order chi connectivity index (χ1) is 17.1. The number of aromatic nitrogens is 1. The summed E-state index contributed by atoms with van der Waals surface area (Å²) in [5.41, 5.74) is 4.08. The number of carboxylic acids is 1. The van der Waals surface area contributed by atoms with Crippen LogP contribution in [0.3, 0.4) is 0 Å². The number of nitrogens with one attached hydrogen (secondary N) is 1. The summed E-state index contributed by atoms with van der Waals surface area (Å²) in [6, 6.07) is 13.8. The van der Waals surface area contributed by atoms with Crippen molar-refractivity contribution in [2.24, 2.45) is 0 Å². The van der Waals surface area contributed by atoms with Crippen molar-refractivity contribution in [3.63, 3.8) is 0 Å². The van der Waals surface area contributed by atoms with Gasteiger partial charge in [0.05, 0.1) is 17.0 Å². The van der Waals surface area contributed by atoms with Crippen LogP contribution in [0.5, 0.6) is 0 Å². The zero-order valence-electron chi connectivity index (χ0n) is 21.3. The molecule has 1 fully saturated rings. The number of benzene rings is 2. The molecule has 1 atom stereocenters. The molecule has 0 bridgehead atoms. The number of nitrogens with zero attached hydrogens (tertiary/aromatic N) is 1. The van der Waals surface area contributed by atoms with E-state index in [0.717, 1.165) is 42.0 Å². The van der Waals surface area contributed by atoms with Crippen LogP contribution in [0.2, 0.25) is 0 Å². The Morgan fingerprint density at radius 3 is 2.61 bits per heavy atom. The Morgan fingerprint density at radius 1 is 1.08 bits per heavy atom. The number of fused-ring (bicyclic) bond motifs is 2. The van der Waals surface area contributed by atoms with Gasteiger partial charge >= 0.3 is 18.9 Å². The van der Waals surface area contributed by atoms with E-state index in [4.69, 9.17) is 0 Å². The molecule has 5 rings (SSSR count). The van der Waals surface area contributed by atoms with Crippen LogP contribution in [0.15, 0.2) is 52.3 Å². The molecule has 0 saturated heterocycles. The number of hydrogen-bond acceptors (Lipinski definition) is 5. The minimum atomic E-state index is -1.17. The SMILES string of the molecule is CCCCCCNCc1c(Cc2cccc3ccccc23)c(C2CC2)c2n(c1=O)[C@H](C(=O)[O-])CS2.[Li+]. The van der Waals surface area contributed by atoms with Crippen molar-refractivity contribution in [1.29, 1.82) is 0 Å². The number of pyridine rings is 1. The summed E-state index contributed by atoms with van der Waals surface area (Å²) >= 11 is 1.51. The third-order valence-corrected chi connectivity index (χ3v) is 8.49. The number of hydrogen-bond donors (Lipinski definition) is 1. The normalized spacial score (nSPS) is 16.6. The van der Waals surface area contributed by atoms with Crippen LogP contribution in [0, 0.1) is 0 Å². The quantitative estimate of drug-likeness (QED) is 0.322. The van der Waals surface area contributed by atoms with Crippen LogP contribution in [-0.4, -0.2) is 22.8 Å². The maximum atomic E-state index is 13.8. The van der Waals surface area contributed by atoms with Gasteiger partial charge in [-0.05, 0) is 65.6 Å². The first kappa shape index (κ1) is 27.1. The van der Waals surface area contributed by atoms with Crippen LogP contribution < -0.4 is 34.8 Å². The van der Waals surface area contributed by atoms with Gasteiger partial charge in [0.1, 0.15) is 0 Å². The molecule has 1 N–H and O–H groups in total. The van der Waals surface area contributed by atoms with Crippen LogP contribution in [0.1, 0.15) is 79.7 Å². The number of rotatable bonds is 11. The smallest absolute Gasteiger partial charge is 0.548 e. The number of aliphatic carboxylic acids is 1. The monoisotopic (exact) mass is 496 g/mol. The summed E-state index contributed by atoms with van der Waals surface area (Å²) in [6.45, 7) is 3.52. The Labute approximate surface area is 229 Å². The van der Waals surface area contributed by atoms with Crippen molar-refractivity contribution >= 4 is 28.5 Å². The molecule has 0 radical (unpaired) electrons. The predicted octanol–water partition coefficient (Wildman–Crippen LogP) is 1.54. The van der Waals surface area contributed by atoms with Gasteiger partial charge in [0, 0.05) is 17.9 Å². The summed E-state index contributed by atoms with van der Waals surface area (Å²) in [4.78, 5) is 25.7. The number of unbranched alkanes of at least 4 members (excludes halogenated alkanes) is 3. The molecule has 2 aromatic carbocycles. The second-order valence-corrected chi connectivity index (χ2v) is 10.8. The van der Waals surface area contributed by atoms with Gasteiger partial charge < -0.3 is 15.2 Å². The van der Waals surface area contributed by atoms with Gasteiger partial charge in [-0.15, -0.1) is 11.8 Å². The molecule has 5 nitrogen and oxygen atoms in total. The average molecular weight is 497 g/mol. The van der Waals surface area contributed by atoms with E-state index in [0.29, 0.717) is 24.6 Å². The topological polar surface area (TPSA) is 74.2 Å². The van der Waals surface area contributed by atoms with Crippen molar-refractivity contribution < 1.29 is 28.8 Å². The summed E-state index contributed by atoms with van der Waals surface area (Å²) in [5.74, 6) is -0.405. The molecular formula is C29H33LiN2O3S. The van der Waals surface area contributed by atoms with E-state index >= 15 is 0 Å². The van der Waals surface area contributed by atoms with Gasteiger partial charge in [0.25, 0.3) is 5.56 Å². The van der Waals surface area contributed by atoms with E-state index in [1.807, 2.05) is 6.07 Å². The molecule has 1 saturated carbocycles. The minimum absolute atomic E-state index is 0. The van der Waals surface area contributed by atoms with Crippen LogP contribution in [0.25, 0.3) is 10.8 Å². The maximum absolute atomic E-state index is 13.8. The molecule has 184 valence electrons. The average Bonchev–Trinajstić information content (AvgIpc) is 3.59. The molecule has 3 aromatic rings. The minimum Gasteiger partial charge on any atom is -0.548 e. The fourth-order valence-electron chi connectivity index (χ4n) is 5.33. The second kappa shape index (κ2) is 12.0. The van der Waals surface area contributed by atoms with Gasteiger partial charge in [-0.25, -0.2) is 0 Å². The van der Waals surface area contributed by atoms with E-state index in [9.17, 15) is 14.7 Å². The van der Waals surface area contributed by atoms with Gasteiger partial charge in [-0.3, -0.25) is 9.36 Å². The summed E-state index contributed by atoms with van der Waals surface area (Å²) in [5, 5.41) is 18.7. The summed E-state index contributed by atoms with van der Waals surface area (Å²) in [6.07, 6.45) is 7.51. The molecule has 1 aromatic heterocycles. The van der Waals surface area contributed by atoms with Gasteiger partial charge in [-0.1, -0.05) is 68.7 Å². The van der Waals surface area contributed by atoms with Gasteiger partial charge in [0.2, 0.25) is 0 Å². The van der Waals surface area contributed by atoms with Crippen molar-refractivity contribution in [2.75, 3.05) is 12.3 Å². The molecule has 2 heterocycles. The largest absolute Gasteiger partial charge is 1.00 e. The van der Waals surface area contributed by atoms with Crippen LogP contribution in [-0.2, 0) is 17.8 Å². The fraction of sp³-hybridized carbons (Fsp3) is 0.448. The van der Waals surface area contributed by atoms with Crippen molar-refractivity contribution in [2.45, 2.75) is 75.4 Å². The molecule has 1 aliphatic carbocycles. The Kier molecular flexibility index (Phi) is 9.06. The van der Waals surface area contributed by atoms with E-state index in [1.165, 1.54) is 57.5 Å². The van der Waals surface area contributed by atoms with Gasteiger partial charge in [0.15, 0.2) is 0 Å². The van der Waals surface area contributed by atoms with E-state index in [2.05, 4.69) is 48.6 Å². The summed E-state index contributed by atoms with van der Waals surface area (Å²) < 4.78 is 1.54. The molecular weight excluding hydrogens is 463 g/mol. The third-order valence-electron chi connectivity index (χ3n) is 7.32. The molecule has 0 amide bonds. The number of carboxylic acid groups (broad SMARTS) is 1. The first-order valence-electron chi connectivity index (χ1n) is 12.9. The third kappa shape index (κ3) is 5.48. The fourth-order valence-corrected chi connectivity index (χ4v) is 6.72. The first-order valence-corrected chi connectivity index (χ1v) is 13.9. The Morgan fingerprint density at radius 2 is 1.86 bits per heavy atom. The number of carbonyl (C=O) groups excluding carboxylic acids is 1. The van der Waals surface area contributed by atoms with E-state index in [-0.39, 0.29) is 24.4 Å². The molecule has 7 heteroatoms. The molecule has 0 spiro atoms. The zero-order chi connectivity index (χ0) is 24.4.